The molecule has 1 saturated heterocycles. The van der Waals surface area contributed by atoms with Crippen molar-refractivity contribution in [2.45, 2.75) is 83.2 Å². The molecule has 0 aromatic rings. The minimum Gasteiger partial charge on any atom is -0.456 e. The summed E-state index contributed by atoms with van der Waals surface area (Å²) in [6.07, 6.45) is 3.21. The molecule has 0 bridgehead atoms. The maximum Gasteiger partial charge on any atom is 0.330 e. The molecule has 0 amide bonds. The van der Waals surface area contributed by atoms with Gasteiger partial charge in [0.1, 0.15) is 17.8 Å². The quantitative estimate of drug-likeness (QED) is 0.349. The highest BCUT2D eigenvalue weighted by atomic mass is 29.3. The van der Waals surface area contributed by atoms with Gasteiger partial charge in [0.25, 0.3) is 0 Å². The molecular weight excluding hydrogens is 364 g/mol. The SMILES string of the molecule is C=CC(=O)OC(CC)C1(C(CC)OC(=O)C=C)CC[Si](C)(C)[Si](C)(C)O1. The third kappa shape index (κ3) is 4.56. The Labute approximate surface area is 159 Å². The van der Waals surface area contributed by atoms with Crippen LogP contribution in [0.5, 0.6) is 0 Å². The van der Waals surface area contributed by atoms with E-state index >= 15 is 0 Å². The van der Waals surface area contributed by atoms with E-state index in [1.807, 2.05) is 13.8 Å². The van der Waals surface area contributed by atoms with Gasteiger partial charge in [-0.25, -0.2) is 9.59 Å². The van der Waals surface area contributed by atoms with Crippen LogP contribution in [0.4, 0.5) is 0 Å². The second-order valence-electron chi connectivity index (χ2n) is 8.03. The van der Waals surface area contributed by atoms with Gasteiger partial charge in [0.05, 0.1) is 7.59 Å². The van der Waals surface area contributed by atoms with Crippen LogP contribution >= 0.6 is 0 Å². The molecule has 2 unspecified atom stereocenters. The molecule has 5 nitrogen and oxygen atoms in total. The molecule has 1 aliphatic heterocycles. The molecule has 7 heteroatoms. The zero-order chi connectivity index (χ0) is 20.2. The van der Waals surface area contributed by atoms with Gasteiger partial charge in [-0.1, -0.05) is 46.1 Å². The van der Waals surface area contributed by atoms with E-state index in [1.165, 1.54) is 0 Å². The normalized spacial score (nSPS) is 26.2. The van der Waals surface area contributed by atoms with E-state index in [9.17, 15) is 9.59 Å². The molecule has 1 heterocycles. The minimum absolute atomic E-state index is 0.480. The Balaban J connectivity index is 3.40. The van der Waals surface area contributed by atoms with E-state index in [2.05, 4.69) is 39.3 Å². The van der Waals surface area contributed by atoms with Crippen molar-refractivity contribution >= 4 is 27.4 Å². The van der Waals surface area contributed by atoms with Crippen molar-refractivity contribution in [3.05, 3.63) is 25.3 Å². The van der Waals surface area contributed by atoms with Crippen molar-refractivity contribution in [2.24, 2.45) is 0 Å². The van der Waals surface area contributed by atoms with Crippen molar-refractivity contribution in [3.8, 4) is 0 Å². The lowest BCUT2D eigenvalue weighted by Crippen LogP contribution is -2.71. The van der Waals surface area contributed by atoms with Gasteiger partial charge in [0, 0.05) is 12.2 Å². The summed E-state index contributed by atoms with van der Waals surface area (Å²) in [4.78, 5) is 23.9. The summed E-state index contributed by atoms with van der Waals surface area (Å²) < 4.78 is 18.2. The lowest BCUT2D eigenvalue weighted by molar-refractivity contribution is -0.188. The second-order valence-corrected chi connectivity index (χ2v) is 23.2. The standard InChI is InChI=1S/C19H34O5Si2/c1-9-15(22-17(20)11-3)19(16(10-2)23-18(21)12-4)13-14-25(5,6)26(7,8)24-19/h11-12,15-16H,3-4,9-10,13-14H2,1-2,5-8H3. The van der Waals surface area contributed by atoms with Crippen molar-refractivity contribution in [2.75, 3.05) is 0 Å². The number of hydrogen-bond acceptors (Lipinski definition) is 5. The van der Waals surface area contributed by atoms with Crippen LogP contribution in [-0.2, 0) is 23.5 Å². The summed E-state index contributed by atoms with van der Waals surface area (Å²) >= 11 is 0. The largest absolute Gasteiger partial charge is 0.456 e. The van der Waals surface area contributed by atoms with Crippen molar-refractivity contribution in [3.63, 3.8) is 0 Å². The van der Waals surface area contributed by atoms with Crippen LogP contribution in [0, 0.1) is 0 Å². The Morgan fingerprint density at radius 2 is 1.46 bits per heavy atom. The Morgan fingerprint density at radius 1 is 1.04 bits per heavy atom. The number of carbonyl (C=O) groups excluding carboxylic acids is 2. The van der Waals surface area contributed by atoms with Crippen LogP contribution in [0.3, 0.4) is 0 Å². The minimum atomic E-state index is -2.03. The van der Waals surface area contributed by atoms with Gasteiger partial charge in [0.15, 0.2) is 7.83 Å². The molecule has 2 atom stereocenters. The smallest absolute Gasteiger partial charge is 0.330 e. The van der Waals surface area contributed by atoms with Crippen LogP contribution in [0.1, 0.15) is 33.1 Å². The first-order valence-electron chi connectivity index (χ1n) is 9.36. The molecule has 0 N–H and O–H groups in total. The molecule has 0 aromatic carbocycles. The lowest BCUT2D eigenvalue weighted by atomic mass is 9.84. The van der Waals surface area contributed by atoms with Crippen LogP contribution in [0.15, 0.2) is 25.3 Å². The zero-order valence-corrected chi connectivity index (χ0v) is 19.1. The van der Waals surface area contributed by atoms with E-state index in [1.54, 1.807) is 0 Å². The highest BCUT2D eigenvalue weighted by Gasteiger charge is 2.60. The van der Waals surface area contributed by atoms with Crippen LogP contribution < -0.4 is 0 Å². The fourth-order valence-electron chi connectivity index (χ4n) is 3.57. The van der Waals surface area contributed by atoms with Gasteiger partial charge in [-0.15, -0.1) is 0 Å². The predicted octanol–water partition coefficient (Wildman–Crippen LogP) is 4.15. The van der Waals surface area contributed by atoms with Crippen LogP contribution in [-0.4, -0.2) is 45.2 Å². The number of ether oxygens (including phenoxy) is 2. The molecule has 0 aliphatic carbocycles. The third-order valence-electron chi connectivity index (χ3n) is 5.90. The first kappa shape index (κ1) is 22.9. The summed E-state index contributed by atoms with van der Waals surface area (Å²) in [7, 11) is -3.55. The Bertz CT molecular complexity index is 526. The lowest BCUT2D eigenvalue weighted by Gasteiger charge is -2.56. The average molecular weight is 399 g/mol. The van der Waals surface area contributed by atoms with Gasteiger partial charge in [-0.3, -0.25) is 0 Å². The number of esters is 2. The predicted molar refractivity (Wildman–Crippen MR) is 109 cm³/mol. The highest BCUT2D eigenvalue weighted by Crippen LogP contribution is 2.45. The summed E-state index contributed by atoms with van der Waals surface area (Å²) in [6, 6.07) is 1.05. The Kier molecular flexibility index (Phi) is 7.62. The zero-order valence-electron chi connectivity index (χ0n) is 17.1. The Morgan fingerprint density at radius 3 is 1.77 bits per heavy atom. The van der Waals surface area contributed by atoms with Gasteiger partial charge in [0.2, 0.25) is 0 Å². The Hall–Kier alpha value is -1.19. The van der Waals surface area contributed by atoms with E-state index in [-0.39, 0.29) is 0 Å². The molecule has 0 radical (unpaired) electrons. The summed E-state index contributed by atoms with van der Waals surface area (Å²) in [5.74, 6) is -0.961. The van der Waals surface area contributed by atoms with Crippen molar-refractivity contribution < 1.29 is 23.5 Å². The summed E-state index contributed by atoms with van der Waals surface area (Å²) in [6.45, 7) is 20.1. The molecule has 1 fully saturated rings. The molecule has 0 aromatic heterocycles. The maximum absolute atomic E-state index is 11.9. The fraction of sp³-hybridized carbons (Fsp3) is 0.684. The fourth-order valence-corrected chi connectivity index (χ4v) is 10.4. The number of rotatable bonds is 8. The van der Waals surface area contributed by atoms with E-state index < -0.39 is 45.2 Å². The molecule has 1 aliphatic rings. The molecule has 0 saturated carbocycles. The van der Waals surface area contributed by atoms with E-state index in [0.29, 0.717) is 19.3 Å². The molecular formula is C19H34O5Si2. The average Bonchev–Trinajstić information content (AvgIpc) is 2.59. The van der Waals surface area contributed by atoms with Crippen LogP contribution in [0.2, 0.25) is 32.2 Å². The molecule has 26 heavy (non-hydrogen) atoms. The third-order valence-corrected chi connectivity index (χ3v) is 22.4. The number of carbonyl (C=O) groups is 2. The summed E-state index contributed by atoms with van der Waals surface area (Å²) in [5.41, 5.74) is -0.820. The first-order valence-corrected chi connectivity index (χ1v) is 16.5. The van der Waals surface area contributed by atoms with Crippen LogP contribution in [0.25, 0.3) is 0 Å². The maximum atomic E-state index is 11.9. The van der Waals surface area contributed by atoms with E-state index in [0.717, 1.165) is 18.2 Å². The van der Waals surface area contributed by atoms with Crippen molar-refractivity contribution in [1.29, 1.82) is 0 Å². The molecule has 148 valence electrons. The van der Waals surface area contributed by atoms with Gasteiger partial charge >= 0.3 is 11.9 Å². The van der Waals surface area contributed by atoms with Gasteiger partial charge in [-0.05, 0) is 32.4 Å². The summed E-state index contributed by atoms with van der Waals surface area (Å²) in [5, 5.41) is 0. The van der Waals surface area contributed by atoms with Crippen molar-refractivity contribution in [1.82, 2.24) is 0 Å². The molecule has 0 spiro atoms. The van der Waals surface area contributed by atoms with Gasteiger partial charge in [-0.2, -0.15) is 0 Å². The topological polar surface area (TPSA) is 61.8 Å². The first-order chi connectivity index (χ1) is 12.0. The highest BCUT2D eigenvalue weighted by molar-refractivity contribution is 7.38. The van der Waals surface area contributed by atoms with E-state index in [4.69, 9.17) is 13.9 Å². The molecule has 1 rings (SSSR count). The monoisotopic (exact) mass is 398 g/mol. The second kappa shape index (κ2) is 8.67. The van der Waals surface area contributed by atoms with Gasteiger partial charge < -0.3 is 13.9 Å². The number of hydrogen-bond donors (Lipinski definition) is 0.